The van der Waals surface area contributed by atoms with E-state index in [1.165, 1.54) is 0 Å². The number of carbonyl (C=O) groups excluding carboxylic acids is 2. The lowest BCUT2D eigenvalue weighted by atomic mass is 10.3. The Morgan fingerprint density at radius 3 is 2.53 bits per heavy atom. The number of morpholine rings is 1. The van der Waals surface area contributed by atoms with Crippen molar-refractivity contribution in [2.75, 3.05) is 46.0 Å². The average Bonchev–Trinajstić information content (AvgIpc) is 3.23. The molecule has 0 spiro atoms. The van der Waals surface area contributed by atoms with Gasteiger partial charge in [0.1, 0.15) is 0 Å². The van der Waals surface area contributed by atoms with Gasteiger partial charge in [0.05, 0.1) is 32.9 Å². The van der Waals surface area contributed by atoms with Gasteiger partial charge >= 0.3 is 5.97 Å². The highest BCUT2D eigenvalue weighted by molar-refractivity contribution is 5.79. The first kappa shape index (κ1) is 14.3. The largest absolute Gasteiger partial charge is 0.465 e. The molecule has 108 valence electrons. The van der Waals surface area contributed by atoms with Crippen LogP contribution in [0.2, 0.25) is 0 Å². The number of ether oxygens (including phenoxy) is 2. The van der Waals surface area contributed by atoms with Gasteiger partial charge in [-0.25, -0.2) is 0 Å². The Kier molecular flexibility index (Phi) is 5.15. The zero-order valence-electron chi connectivity index (χ0n) is 11.5. The van der Waals surface area contributed by atoms with Crippen molar-refractivity contribution in [3.8, 4) is 0 Å². The fraction of sp³-hybridized carbons (Fsp3) is 0.846. The summed E-state index contributed by atoms with van der Waals surface area (Å²) in [5.41, 5.74) is 0. The summed E-state index contributed by atoms with van der Waals surface area (Å²) in [7, 11) is 0. The zero-order chi connectivity index (χ0) is 13.7. The van der Waals surface area contributed by atoms with E-state index in [1.54, 1.807) is 6.92 Å². The summed E-state index contributed by atoms with van der Waals surface area (Å²) < 4.78 is 10.2. The standard InChI is InChI=1S/C13H22N2O4/c1-2-19-13(17)10-15(11-3-4-11)9-12(16)14-5-7-18-8-6-14/h11H,2-10H2,1H3. The molecule has 2 rings (SSSR count). The molecule has 0 N–H and O–H groups in total. The molecule has 1 heterocycles. The minimum absolute atomic E-state index is 0.0829. The molecule has 0 unspecified atom stereocenters. The van der Waals surface area contributed by atoms with Crippen LogP contribution >= 0.6 is 0 Å². The van der Waals surface area contributed by atoms with Crippen LogP contribution in [-0.4, -0.2) is 73.7 Å². The van der Waals surface area contributed by atoms with Crippen LogP contribution in [0.5, 0.6) is 0 Å². The molecule has 1 aliphatic heterocycles. The van der Waals surface area contributed by atoms with Gasteiger partial charge in [-0.05, 0) is 19.8 Å². The lowest BCUT2D eigenvalue weighted by Gasteiger charge is -2.29. The molecule has 1 amide bonds. The van der Waals surface area contributed by atoms with E-state index in [0.717, 1.165) is 12.8 Å². The monoisotopic (exact) mass is 270 g/mol. The topological polar surface area (TPSA) is 59.1 Å². The second kappa shape index (κ2) is 6.86. The van der Waals surface area contributed by atoms with Crippen LogP contribution in [0.4, 0.5) is 0 Å². The summed E-state index contributed by atoms with van der Waals surface area (Å²) in [5.74, 6) is -0.163. The van der Waals surface area contributed by atoms with Crippen LogP contribution in [-0.2, 0) is 19.1 Å². The van der Waals surface area contributed by atoms with E-state index in [0.29, 0.717) is 45.5 Å². The number of hydrogen-bond donors (Lipinski definition) is 0. The summed E-state index contributed by atoms with van der Waals surface area (Å²) in [4.78, 5) is 27.4. The number of amides is 1. The molecular weight excluding hydrogens is 248 g/mol. The Morgan fingerprint density at radius 1 is 1.26 bits per heavy atom. The van der Waals surface area contributed by atoms with Crippen LogP contribution in [0.15, 0.2) is 0 Å². The fourth-order valence-corrected chi connectivity index (χ4v) is 2.21. The summed E-state index contributed by atoms with van der Waals surface area (Å²) in [5, 5.41) is 0. The predicted octanol–water partition coefficient (Wildman–Crippen LogP) is -0.127. The number of carbonyl (C=O) groups is 2. The van der Waals surface area contributed by atoms with Crippen LogP contribution < -0.4 is 0 Å². The lowest BCUT2D eigenvalue weighted by molar-refractivity contribution is -0.145. The van der Waals surface area contributed by atoms with E-state index < -0.39 is 0 Å². The Bertz CT molecular complexity index is 325. The average molecular weight is 270 g/mol. The van der Waals surface area contributed by atoms with Crippen LogP contribution in [0, 0.1) is 0 Å². The van der Waals surface area contributed by atoms with E-state index in [9.17, 15) is 9.59 Å². The van der Waals surface area contributed by atoms with Crippen molar-refractivity contribution in [3.05, 3.63) is 0 Å². The molecular formula is C13H22N2O4. The van der Waals surface area contributed by atoms with Crippen molar-refractivity contribution in [1.82, 2.24) is 9.80 Å². The van der Waals surface area contributed by atoms with Crippen molar-refractivity contribution < 1.29 is 19.1 Å². The van der Waals surface area contributed by atoms with Crippen molar-refractivity contribution in [3.63, 3.8) is 0 Å². The van der Waals surface area contributed by atoms with Gasteiger partial charge in [0.15, 0.2) is 0 Å². The molecule has 0 aromatic carbocycles. The van der Waals surface area contributed by atoms with E-state index >= 15 is 0 Å². The quantitative estimate of drug-likeness (QED) is 0.629. The second-order valence-corrected chi connectivity index (χ2v) is 4.93. The zero-order valence-corrected chi connectivity index (χ0v) is 11.5. The fourth-order valence-electron chi connectivity index (χ4n) is 2.21. The third-order valence-electron chi connectivity index (χ3n) is 3.40. The third kappa shape index (κ3) is 4.47. The molecule has 0 bridgehead atoms. The Morgan fingerprint density at radius 2 is 1.95 bits per heavy atom. The van der Waals surface area contributed by atoms with E-state index in [1.807, 2.05) is 9.80 Å². The van der Waals surface area contributed by atoms with Gasteiger partial charge in [0.25, 0.3) is 0 Å². The Hall–Kier alpha value is -1.14. The highest BCUT2D eigenvalue weighted by Crippen LogP contribution is 2.26. The summed E-state index contributed by atoms with van der Waals surface area (Å²) in [6.45, 7) is 5.21. The highest BCUT2D eigenvalue weighted by Gasteiger charge is 2.33. The molecule has 1 saturated carbocycles. The van der Waals surface area contributed by atoms with Crippen molar-refractivity contribution in [1.29, 1.82) is 0 Å². The van der Waals surface area contributed by atoms with Crippen LogP contribution in [0.1, 0.15) is 19.8 Å². The minimum Gasteiger partial charge on any atom is -0.465 e. The van der Waals surface area contributed by atoms with Crippen molar-refractivity contribution >= 4 is 11.9 Å². The van der Waals surface area contributed by atoms with Crippen LogP contribution in [0.3, 0.4) is 0 Å². The van der Waals surface area contributed by atoms with Gasteiger partial charge in [-0.1, -0.05) is 0 Å². The molecule has 1 saturated heterocycles. The molecule has 0 radical (unpaired) electrons. The lowest BCUT2D eigenvalue weighted by Crippen LogP contribution is -2.47. The van der Waals surface area contributed by atoms with Gasteiger partial charge in [-0.15, -0.1) is 0 Å². The normalized spacial score (nSPS) is 19.6. The number of nitrogens with zero attached hydrogens (tertiary/aromatic N) is 2. The maximum Gasteiger partial charge on any atom is 0.320 e. The van der Waals surface area contributed by atoms with Gasteiger partial charge in [-0.2, -0.15) is 0 Å². The summed E-state index contributed by atoms with van der Waals surface area (Å²) in [6.07, 6.45) is 2.13. The molecule has 6 heteroatoms. The number of rotatable bonds is 6. The van der Waals surface area contributed by atoms with E-state index in [4.69, 9.17) is 9.47 Å². The highest BCUT2D eigenvalue weighted by atomic mass is 16.5. The molecule has 1 aliphatic carbocycles. The molecule has 0 atom stereocenters. The first-order valence-corrected chi connectivity index (χ1v) is 6.96. The summed E-state index contributed by atoms with van der Waals surface area (Å²) in [6, 6.07) is 0.370. The molecule has 6 nitrogen and oxygen atoms in total. The SMILES string of the molecule is CCOC(=O)CN(CC(=O)N1CCOCC1)C1CC1. The maximum atomic E-state index is 12.2. The number of hydrogen-bond acceptors (Lipinski definition) is 5. The third-order valence-corrected chi connectivity index (χ3v) is 3.40. The smallest absolute Gasteiger partial charge is 0.320 e. The van der Waals surface area contributed by atoms with Gasteiger partial charge in [0, 0.05) is 19.1 Å². The van der Waals surface area contributed by atoms with Crippen molar-refractivity contribution in [2.24, 2.45) is 0 Å². The first-order chi connectivity index (χ1) is 9.20. The minimum atomic E-state index is -0.246. The first-order valence-electron chi connectivity index (χ1n) is 6.96. The molecule has 0 aromatic heterocycles. The molecule has 2 aliphatic rings. The summed E-state index contributed by atoms with van der Waals surface area (Å²) >= 11 is 0. The van der Waals surface area contributed by atoms with Gasteiger partial charge in [0.2, 0.25) is 5.91 Å². The second-order valence-electron chi connectivity index (χ2n) is 4.93. The van der Waals surface area contributed by atoms with Gasteiger partial charge < -0.3 is 14.4 Å². The Balaban J connectivity index is 1.82. The number of esters is 1. The van der Waals surface area contributed by atoms with Crippen molar-refractivity contribution in [2.45, 2.75) is 25.8 Å². The van der Waals surface area contributed by atoms with Gasteiger partial charge in [-0.3, -0.25) is 14.5 Å². The van der Waals surface area contributed by atoms with E-state index in [2.05, 4.69) is 0 Å². The molecule has 19 heavy (non-hydrogen) atoms. The maximum absolute atomic E-state index is 12.2. The van der Waals surface area contributed by atoms with Crippen LogP contribution in [0.25, 0.3) is 0 Å². The predicted molar refractivity (Wildman–Crippen MR) is 68.6 cm³/mol. The van der Waals surface area contributed by atoms with E-state index in [-0.39, 0.29) is 18.4 Å². The molecule has 2 fully saturated rings. The Labute approximate surface area is 113 Å². The molecule has 0 aromatic rings.